The highest BCUT2D eigenvalue weighted by atomic mass is 16.6. The van der Waals surface area contributed by atoms with Gasteiger partial charge in [-0.3, -0.25) is 4.79 Å². The molecule has 1 aromatic heterocycles. The van der Waals surface area contributed by atoms with Gasteiger partial charge in [0.1, 0.15) is 13.2 Å². The van der Waals surface area contributed by atoms with Crippen LogP contribution in [0.25, 0.3) is 5.69 Å². The molecule has 3 aromatic rings. The Labute approximate surface area is 174 Å². The average molecular weight is 400 g/mol. The fourth-order valence-corrected chi connectivity index (χ4v) is 4.14. The van der Waals surface area contributed by atoms with Gasteiger partial charge in [-0.25, -0.2) is 4.68 Å². The second-order valence-corrected chi connectivity index (χ2v) is 7.34. The Bertz CT molecular complexity index is 1150. The summed E-state index contributed by atoms with van der Waals surface area (Å²) in [6, 6.07) is 16.8. The van der Waals surface area contributed by atoms with Crippen molar-refractivity contribution in [2.24, 2.45) is 0 Å². The van der Waals surface area contributed by atoms with Crippen molar-refractivity contribution in [1.29, 1.82) is 5.26 Å². The normalized spacial score (nSPS) is 17.6. The van der Waals surface area contributed by atoms with Gasteiger partial charge in [0, 0.05) is 18.3 Å². The van der Waals surface area contributed by atoms with Crippen LogP contribution < -0.4 is 9.47 Å². The van der Waals surface area contributed by atoms with E-state index < -0.39 is 0 Å². The third-order valence-corrected chi connectivity index (χ3v) is 5.52. The Morgan fingerprint density at radius 1 is 1.13 bits per heavy atom. The standard InChI is InChI=1S/C23H20N4O3/c24-15-16-4-1-5-17(14-16)27-11-9-19(25-27)23(28)26-10-3-7-20(26)18-6-2-8-21-22(18)30-13-12-29-21/h1-2,4-6,8-9,11,14,20H,3,7,10,12-13H2. The number of ether oxygens (including phenoxy) is 2. The fraction of sp³-hybridized carbons (Fsp3) is 0.261. The van der Waals surface area contributed by atoms with Gasteiger partial charge in [0.2, 0.25) is 0 Å². The summed E-state index contributed by atoms with van der Waals surface area (Å²) in [6.07, 6.45) is 3.54. The monoisotopic (exact) mass is 400 g/mol. The average Bonchev–Trinajstić information content (AvgIpc) is 3.48. The van der Waals surface area contributed by atoms with E-state index in [1.54, 1.807) is 35.1 Å². The van der Waals surface area contributed by atoms with Gasteiger partial charge in [-0.15, -0.1) is 0 Å². The number of rotatable bonds is 3. The maximum absolute atomic E-state index is 13.3. The van der Waals surface area contributed by atoms with Crippen LogP contribution in [0, 0.1) is 11.3 Å². The van der Waals surface area contributed by atoms with Crippen LogP contribution in [0.15, 0.2) is 54.7 Å². The molecule has 0 bridgehead atoms. The number of nitriles is 1. The van der Waals surface area contributed by atoms with Crippen LogP contribution >= 0.6 is 0 Å². The molecule has 2 aromatic carbocycles. The predicted octanol–water partition coefficient (Wildman–Crippen LogP) is 3.49. The molecule has 0 spiro atoms. The molecule has 1 atom stereocenters. The zero-order valence-corrected chi connectivity index (χ0v) is 16.3. The number of fused-ring (bicyclic) bond motifs is 1. The Kier molecular flexibility index (Phi) is 4.60. The van der Waals surface area contributed by atoms with E-state index in [0.29, 0.717) is 31.0 Å². The maximum Gasteiger partial charge on any atom is 0.274 e. The summed E-state index contributed by atoms with van der Waals surface area (Å²) in [7, 11) is 0. The molecule has 0 radical (unpaired) electrons. The van der Waals surface area contributed by atoms with Crippen molar-refractivity contribution < 1.29 is 14.3 Å². The molecule has 0 N–H and O–H groups in total. The van der Waals surface area contributed by atoms with E-state index in [1.807, 2.05) is 29.2 Å². The summed E-state index contributed by atoms with van der Waals surface area (Å²) in [6.45, 7) is 1.72. The number of hydrogen-bond donors (Lipinski definition) is 0. The van der Waals surface area contributed by atoms with Crippen molar-refractivity contribution in [3.8, 4) is 23.3 Å². The molecule has 7 nitrogen and oxygen atoms in total. The minimum Gasteiger partial charge on any atom is -0.486 e. The van der Waals surface area contributed by atoms with Crippen LogP contribution in [0.3, 0.4) is 0 Å². The van der Waals surface area contributed by atoms with Gasteiger partial charge in [-0.1, -0.05) is 18.2 Å². The largest absolute Gasteiger partial charge is 0.486 e. The van der Waals surface area contributed by atoms with E-state index in [4.69, 9.17) is 14.7 Å². The van der Waals surface area contributed by atoms with Crippen molar-refractivity contribution in [1.82, 2.24) is 14.7 Å². The first-order valence-electron chi connectivity index (χ1n) is 10.0. The Hall–Kier alpha value is -3.79. The quantitative estimate of drug-likeness (QED) is 0.672. The van der Waals surface area contributed by atoms with Crippen LogP contribution in [0.4, 0.5) is 0 Å². The molecule has 1 saturated heterocycles. The highest BCUT2D eigenvalue weighted by Gasteiger charge is 2.34. The number of benzene rings is 2. The molecule has 7 heteroatoms. The van der Waals surface area contributed by atoms with E-state index in [1.165, 1.54) is 0 Å². The molecule has 3 heterocycles. The zero-order valence-electron chi connectivity index (χ0n) is 16.3. The van der Waals surface area contributed by atoms with Crippen LogP contribution in [0.5, 0.6) is 11.5 Å². The van der Waals surface area contributed by atoms with Crippen LogP contribution in [-0.2, 0) is 0 Å². The van der Waals surface area contributed by atoms with Gasteiger partial charge in [-0.05, 0) is 43.2 Å². The number of carbonyl (C=O) groups is 1. The Morgan fingerprint density at radius 2 is 2.00 bits per heavy atom. The minimum atomic E-state index is -0.109. The van der Waals surface area contributed by atoms with Gasteiger partial charge < -0.3 is 14.4 Å². The molecule has 1 amide bonds. The number of likely N-dealkylation sites (tertiary alicyclic amines) is 1. The highest BCUT2D eigenvalue weighted by molar-refractivity contribution is 5.92. The van der Waals surface area contributed by atoms with Gasteiger partial charge >= 0.3 is 0 Å². The van der Waals surface area contributed by atoms with Gasteiger partial charge in [0.25, 0.3) is 5.91 Å². The first-order valence-corrected chi connectivity index (χ1v) is 10.0. The molecule has 1 unspecified atom stereocenters. The lowest BCUT2D eigenvalue weighted by molar-refractivity contribution is 0.0724. The van der Waals surface area contributed by atoms with Crippen molar-refractivity contribution in [2.75, 3.05) is 19.8 Å². The topological polar surface area (TPSA) is 80.4 Å². The first kappa shape index (κ1) is 18.3. The van der Waals surface area contributed by atoms with Crippen LogP contribution in [0.1, 0.15) is 40.5 Å². The molecule has 2 aliphatic heterocycles. The van der Waals surface area contributed by atoms with Gasteiger partial charge in [-0.2, -0.15) is 10.4 Å². The van der Waals surface area contributed by atoms with Crippen molar-refractivity contribution in [2.45, 2.75) is 18.9 Å². The smallest absolute Gasteiger partial charge is 0.274 e. The molecule has 1 fully saturated rings. The first-order chi connectivity index (χ1) is 14.7. The number of para-hydroxylation sites is 1. The minimum absolute atomic E-state index is 0.0683. The predicted molar refractivity (Wildman–Crippen MR) is 109 cm³/mol. The Balaban J connectivity index is 1.43. The maximum atomic E-state index is 13.3. The lowest BCUT2D eigenvalue weighted by Crippen LogP contribution is -2.31. The van der Waals surface area contributed by atoms with Crippen molar-refractivity contribution in [3.63, 3.8) is 0 Å². The molecule has 0 aliphatic carbocycles. The highest BCUT2D eigenvalue weighted by Crippen LogP contribution is 2.43. The number of hydrogen-bond acceptors (Lipinski definition) is 5. The van der Waals surface area contributed by atoms with Gasteiger partial charge in [0.05, 0.1) is 23.4 Å². The molecular formula is C23H20N4O3. The van der Waals surface area contributed by atoms with E-state index in [2.05, 4.69) is 11.2 Å². The molecule has 2 aliphatic rings. The lowest BCUT2D eigenvalue weighted by atomic mass is 10.0. The van der Waals surface area contributed by atoms with Gasteiger partial charge in [0.15, 0.2) is 17.2 Å². The summed E-state index contributed by atoms with van der Waals surface area (Å²) in [5.41, 5.74) is 2.66. The summed E-state index contributed by atoms with van der Waals surface area (Å²) in [5.74, 6) is 1.37. The fourth-order valence-electron chi connectivity index (χ4n) is 4.14. The summed E-state index contributed by atoms with van der Waals surface area (Å²) in [5, 5.41) is 13.6. The van der Waals surface area contributed by atoms with Crippen molar-refractivity contribution in [3.05, 3.63) is 71.5 Å². The number of amides is 1. The summed E-state index contributed by atoms with van der Waals surface area (Å²) < 4.78 is 13.2. The molecular weight excluding hydrogens is 380 g/mol. The third-order valence-electron chi connectivity index (χ3n) is 5.52. The second-order valence-electron chi connectivity index (χ2n) is 7.34. The third kappa shape index (κ3) is 3.16. The van der Waals surface area contributed by atoms with E-state index in [-0.39, 0.29) is 11.9 Å². The van der Waals surface area contributed by atoms with E-state index >= 15 is 0 Å². The summed E-state index contributed by atoms with van der Waals surface area (Å²) in [4.78, 5) is 15.2. The van der Waals surface area contributed by atoms with E-state index in [0.717, 1.165) is 35.6 Å². The molecule has 150 valence electrons. The van der Waals surface area contributed by atoms with Crippen LogP contribution in [0.2, 0.25) is 0 Å². The second kappa shape index (κ2) is 7.56. The van der Waals surface area contributed by atoms with Crippen molar-refractivity contribution >= 4 is 5.91 Å². The number of nitrogens with zero attached hydrogens (tertiary/aromatic N) is 4. The molecule has 5 rings (SSSR count). The zero-order chi connectivity index (χ0) is 20.5. The lowest BCUT2D eigenvalue weighted by Gasteiger charge is -2.28. The summed E-state index contributed by atoms with van der Waals surface area (Å²) >= 11 is 0. The Morgan fingerprint density at radius 3 is 2.90 bits per heavy atom. The van der Waals surface area contributed by atoms with Crippen LogP contribution in [-0.4, -0.2) is 40.3 Å². The number of carbonyl (C=O) groups excluding carboxylic acids is 1. The number of aromatic nitrogens is 2. The van der Waals surface area contributed by atoms with E-state index in [9.17, 15) is 4.79 Å². The molecule has 30 heavy (non-hydrogen) atoms. The molecule has 0 saturated carbocycles. The SMILES string of the molecule is N#Cc1cccc(-n2ccc(C(=O)N3CCCC3c3cccc4c3OCCO4)n2)c1.